The number of ether oxygens (including phenoxy) is 1. The highest BCUT2D eigenvalue weighted by molar-refractivity contribution is 6.32. The summed E-state index contributed by atoms with van der Waals surface area (Å²) in [7, 11) is 1.49. The second-order valence-corrected chi connectivity index (χ2v) is 5.18. The van der Waals surface area contributed by atoms with Gasteiger partial charge in [-0.1, -0.05) is 24.9 Å². The molecule has 0 aliphatic rings. The summed E-state index contributed by atoms with van der Waals surface area (Å²) < 4.78 is 4.94. The molecule has 2 atom stereocenters. The van der Waals surface area contributed by atoms with E-state index in [0.29, 0.717) is 17.3 Å². The molecule has 0 saturated heterocycles. The standard InChI is InChI=1S/C13H20ClN3O3/c1-8(12(18)19)5-4-6-9(2)16-11-10(14)7-15-13(17-11)20-3/h7-9H,4-6H2,1-3H3,(H,18,19)(H,15,16,17). The lowest BCUT2D eigenvalue weighted by atomic mass is 10.0. The van der Waals surface area contributed by atoms with Crippen molar-refractivity contribution in [1.82, 2.24) is 9.97 Å². The number of halogens is 1. The zero-order valence-electron chi connectivity index (χ0n) is 11.9. The molecule has 0 radical (unpaired) electrons. The van der Waals surface area contributed by atoms with Crippen LogP contribution in [0.1, 0.15) is 33.1 Å². The van der Waals surface area contributed by atoms with Gasteiger partial charge in [-0.25, -0.2) is 4.98 Å². The molecule has 2 N–H and O–H groups in total. The minimum absolute atomic E-state index is 0.133. The Morgan fingerprint density at radius 1 is 1.50 bits per heavy atom. The zero-order chi connectivity index (χ0) is 15.1. The Labute approximate surface area is 123 Å². The quantitative estimate of drug-likeness (QED) is 0.768. The number of hydrogen-bond donors (Lipinski definition) is 2. The normalized spacial score (nSPS) is 13.6. The fourth-order valence-electron chi connectivity index (χ4n) is 1.71. The molecular formula is C13H20ClN3O3. The number of nitrogens with one attached hydrogen (secondary N) is 1. The summed E-state index contributed by atoms with van der Waals surface area (Å²) in [6, 6.07) is 0.386. The van der Waals surface area contributed by atoms with Crippen molar-refractivity contribution in [2.24, 2.45) is 5.92 Å². The SMILES string of the molecule is COc1ncc(Cl)c(NC(C)CCCC(C)C(=O)O)n1. The predicted octanol–water partition coefficient (Wildman–Crippen LogP) is 2.83. The van der Waals surface area contributed by atoms with Crippen molar-refractivity contribution in [3.8, 4) is 6.01 Å². The first-order valence-electron chi connectivity index (χ1n) is 6.50. The molecule has 0 aromatic carbocycles. The fraction of sp³-hybridized carbons (Fsp3) is 0.615. The lowest BCUT2D eigenvalue weighted by molar-refractivity contribution is -0.141. The van der Waals surface area contributed by atoms with Gasteiger partial charge in [0.1, 0.15) is 5.02 Å². The molecule has 0 amide bonds. The Balaban J connectivity index is 2.46. The Morgan fingerprint density at radius 3 is 2.80 bits per heavy atom. The van der Waals surface area contributed by atoms with Gasteiger partial charge in [-0.15, -0.1) is 0 Å². The van der Waals surface area contributed by atoms with Crippen molar-refractivity contribution in [2.75, 3.05) is 12.4 Å². The van der Waals surface area contributed by atoms with Crippen LogP contribution >= 0.6 is 11.6 Å². The van der Waals surface area contributed by atoms with Crippen LogP contribution in [0.25, 0.3) is 0 Å². The van der Waals surface area contributed by atoms with E-state index < -0.39 is 5.97 Å². The first kappa shape index (κ1) is 16.5. The number of aliphatic carboxylic acids is 1. The summed E-state index contributed by atoms with van der Waals surface area (Å²) in [5, 5.41) is 12.4. The highest BCUT2D eigenvalue weighted by Crippen LogP contribution is 2.22. The first-order valence-corrected chi connectivity index (χ1v) is 6.87. The maximum atomic E-state index is 10.7. The summed E-state index contributed by atoms with van der Waals surface area (Å²) >= 11 is 6.00. The summed E-state index contributed by atoms with van der Waals surface area (Å²) in [4.78, 5) is 18.7. The van der Waals surface area contributed by atoms with E-state index in [0.717, 1.165) is 12.8 Å². The van der Waals surface area contributed by atoms with E-state index in [-0.39, 0.29) is 18.0 Å². The van der Waals surface area contributed by atoms with Crippen LogP contribution in [-0.4, -0.2) is 34.2 Å². The molecule has 1 aromatic rings. The van der Waals surface area contributed by atoms with Crippen LogP contribution in [-0.2, 0) is 4.79 Å². The molecule has 0 fully saturated rings. The lowest BCUT2D eigenvalue weighted by Gasteiger charge is -2.16. The minimum Gasteiger partial charge on any atom is -0.481 e. The molecule has 0 saturated carbocycles. The Morgan fingerprint density at radius 2 is 2.20 bits per heavy atom. The van der Waals surface area contributed by atoms with Crippen LogP contribution in [0.5, 0.6) is 6.01 Å². The fourth-order valence-corrected chi connectivity index (χ4v) is 1.86. The van der Waals surface area contributed by atoms with Gasteiger partial charge in [0.25, 0.3) is 0 Å². The van der Waals surface area contributed by atoms with Crippen molar-refractivity contribution in [3.63, 3.8) is 0 Å². The molecular weight excluding hydrogens is 282 g/mol. The van der Waals surface area contributed by atoms with Gasteiger partial charge in [-0.05, 0) is 19.8 Å². The van der Waals surface area contributed by atoms with E-state index >= 15 is 0 Å². The van der Waals surface area contributed by atoms with Crippen LogP contribution < -0.4 is 10.1 Å². The number of anilines is 1. The molecule has 7 heteroatoms. The predicted molar refractivity (Wildman–Crippen MR) is 77.3 cm³/mol. The van der Waals surface area contributed by atoms with Gasteiger partial charge < -0.3 is 15.2 Å². The number of nitrogens with zero attached hydrogens (tertiary/aromatic N) is 2. The summed E-state index contributed by atoms with van der Waals surface area (Å²) in [5.41, 5.74) is 0. The minimum atomic E-state index is -0.755. The smallest absolute Gasteiger partial charge is 0.318 e. The highest BCUT2D eigenvalue weighted by Gasteiger charge is 2.12. The van der Waals surface area contributed by atoms with Crippen molar-refractivity contribution in [2.45, 2.75) is 39.2 Å². The molecule has 1 heterocycles. The molecule has 0 aliphatic heterocycles. The average molecular weight is 302 g/mol. The molecule has 0 bridgehead atoms. The maximum Gasteiger partial charge on any atom is 0.318 e. The van der Waals surface area contributed by atoms with Crippen LogP contribution in [0.3, 0.4) is 0 Å². The van der Waals surface area contributed by atoms with Gasteiger partial charge in [0.15, 0.2) is 5.82 Å². The van der Waals surface area contributed by atoms with Gasteiger partial charge in [0.2, 0.25) is 0 Å². The zero-order valence-corrected chi connectivity index (χ0v) is 12.6. The van der Waals surface area contributed by atoms with Crippen LogP contribution in [0.2, 0.25) is 5.02 Å². The maximum absolute atomic E-state index is 10.7. The van der Waals surface area contributed by atoms with Crippen molar-refractivity contribution in [3.05, 3.63) is 11.2 Å². The largest absolute Gasteiger partial charge is 0.481 e. The molecule has 20 heavy (non-hydrogen) atoms. The van der Waals surface area contributed by atoms with E-state index in [1.807, 2.05) is 6.92 Å². The number of carbonyl (C=O) groups is 1. The van der Waals surface area contributed by atoms with Gasteiger partial charge in [0, 0.05) is 6.04 Å². The van der Waals surface area contributed by atoms with Gasteiger partial charge >= 0.3 is 12.0 Å². The number of aromatic nitrogens is 2. The molecule has 1 aromatic heterocycles. The van der Waals surface area contributed by atoms with Gasteiger partial charge in [0.05, 0.1) is 19.2 Å². The first-order chi connectivity index (χ1) is 9.43. The Bertz CT molecular complexity index is 456. The van der Waals surface area contributed by atoms with Crippen LogP contribution in [0.15, 0.2) is 6.20 Å². The van der Waals surface area contributed by atoms with E-state index in [1.54, 1.807) is 6.92 Å². The molecule has 2 unspecified atom stereocenters. The third-order valence-electron chi connectivity index (χ3n) is 2.98. The Hall–Kier alpha value is -1.56. The van der Waals surface area contributed by atoms with Gasteiger partial charge in [-0.3, -0.25) is 4.79 Å². The molecule has 1 rings (SSSR count). The van der Waals surface area contributed by atoms with E-state index in [9.17, 15) is 4.79 Å². The van der Waals surface area contributed by atoms with E-state index in [1.165, 1.54) is 13.3 Å². The highest BCUT2D eigenvalue weighted by atomic mass is 35.5. The number of hydrogen-bond acceptors (Lipinski definition) is 5. The van der Waals surface area contributed by atoms with Crippen molar-refractivity contribution < 1.29 is 14.6 Å². The molecule has 0 aliphatic carbocycles. The third kappa shape index (κ3) is 5.21. The number of carboxylic acids is 1. The number of carboxylic acid groups (broad SMARTS) is 1. The van der Waals surface area contributed by atoms with Crippen molar-refractivity contribution in [1.29, 1.82) is 0 Å². The second kappa shape index (κ2) is 7.89. The molecule has 6 nitrogen and oxygen atoms in total. The second-order valence-electron chi connectivity index (χ2n) is 4.77. The summed E-state index contributed by atoms with van der Waals surface area (Å²) in [5.74, 6) is -0.545. The number of methoxy groups -OCH3 is 1. The molecule has 112 valence electrons. The van der Waals surface area contributed by atoms with Crippen LogP contribution in [0.4, 0.5) is 5.82 Å². The lowest BCUT2D eigenvalue weighted by Crippen LogP contribution is -2.18. The summed E-state index contributed by atoms with van der Waals surface area (Å²) in [6.07, 6.45) is 3.79. The summed E-state index contributed by atoms with van der Waals surface area (Å²) in [6.45, 7) is 3.71. The van der Waals surface area contributed by atoms with Crippen molar-refractivity contribution >= 4 is 23.4 Å². The third-order valence-corrected chi connectivity index (χ3v) is 3.26. The topological polar surface area (TPSA) is 84.3 Å². The van der Waals surface area contributed by atoms with Gasteiger partial charge in [-0.2, -0.15) is 4.98 Å². The van der Waals surface area contributed by atoms with E-state index in [2.05, 4.69) is 15.3 Å². The average Bonchev–Trinajstić information content (AvgIpc) is 2.41. The Kier molecular flexibility index (Phi) is 6.51. The van der Waals surface area contributed by atoms with E-state index in [4.69, 9.17) is 21.4 Å². The molecule has 0 spiro atoms. The van der Waals surface area contributed by atoms with Crippen LogP contribution in [0, 0.1) is 5.92 Å². The number of rotatable bonds is 8. The monoisotopic (exact) mass is 301 g/mol.